The zero-order valence-corrected chi connectivity index (χ0v) is 9.52. The first-order valence-corrected chi connectivity index (χ1v) is 5.01. The normalized spacial score (nSPS) is 10.7. The predicted molar refractivity (Wildman–Crippen MR) is 57.3 cm³/mol. The molecule has 0 saturated carbocycles. The van der Waals surface area contributed by atoms with Gasteiger partial charge in [0.25, 0.3) is 0 Å². The fraction of sp³-hybridized carbons (Fsp3) is 0.333. The van der Waals surface area contributed by atoms with Crippen molar-refractivity contribution in [1.82, 2.24) is 19.5 Å². The molecule has 0 N–H and O–H groups in total. The highest BCUT2D eigenvalue weighted by molar-refractivity contribution is 6.33. The number of halogens is 1. The molecule has 7 heteroatoms. The van der Waals surface area contributed by atoms with Gasteiger partial charge in [0.15, 0.2) is 10.8 Å². The molecule has 2 aromatic rings. The molecule has 0 saturated heterocycles. The minimum Gasteiger partial charge on any atom is -0.463 e. The molecule has 0 aliphatic carbocycles. The molecule has 2 heterocycles. The largest absolute Gasteiger partial charge is 0.463 e. The van der Waals surface area contributed by atoms with E-state index in [1.807, 2.05) is 6.92 Å². The van der Waals surface area contributed by atoms with Gasteiger partial charge in [-0.3, -0.25) is 0 Å². The van der Waals surface area contributed by atoms with Gasteiger partial charge >= 0.3 is 5.97 Å². The molecule has 16 heavy (non-hydrogen) atoms. The Kier molecular flexibility index (Phi) is 2.74. The number of carbonyl (C=O) groups is 1. The van der Waals surface area contributed by atoms with Gasteiger partial charge < -0.3 is 9.30 Å². The van der Waals surface area contributed by atoms with Gasteiger partial charge in [-0.15, -0.1) is 0 Å². The minimum absolute atomic E-state index is 0.183. The van der Waals surface area contributed by atoms with Gasteiger partial charge in [0.2, 0.25) is 5.82 Å². The highest BCUT2D eigenvalue weighted by Gasteiger charge is 2.19. The van der Waals surface area contributed by atoms with E-state index in [2.05, 4.69) is 19.7 Å². The zero-order valence-electron chi connectivity index (χ0n) is 8.77. The smallest absolute Gasteiger partial charge is 0.374 e. The van der Waals surface area contributed by atoms with Gasteiger partial charge in [0.1, 0.15) is 11.8 Å². The maximum atomic E-state index is 11.5. The maximum absolute atomic E-state index is 11.5. The fourth-order valence-corrected chi connectivity index (χ4v) is 1.63. The predicted octanol–water partition coefficient (Wildman–Crippen LogP) is 1.29. The summed E-state index contributed by atoms with van der Waals surface area (Å²) in [5.41, 5.74) is 0.939. The van der Waals surface area contributed by atoms with E-state index < -0.39 is 5.97 Å². The van der Waals surface area contributed by atoms with Crippen LogP contribution in [0.3, 0.4) is 0 Å². The summed E-state index contributed by atoms with van der Waals surface area (Å²) >= 11 is 5.87. The lowest BCUT2D eigenvalue weighted by molar-refractivity contribution is 0.0582. The molecule has 0 radical (unpaired) electrons. The highest BCUT2D eigenvalue weighted by atomic mass is 35.5. The Bertz CT molecular complexity index is 552. The number of fused-ring (bicyclic) bond motifs is 1. The van der Waals surface area contributed by atoms with Gasteiger partial charge in [-0.25, -0.2) is 19.7 Å². The molecule has 2 aromatic heterocycles. The molecule has 0 bridgehead atoms. The number of methoxy groups -OCH3 is 1. The molecule has 0 aliphatic rings. The van der Waals surface area contributed by atoms with E-state index in [1.54, 1.807) is 4.57 Å². The molecule has 0 amide bonds. The molecule has 0 aromatic carbocycles. The van der Waals surface area contributed by atoms with Gasteiger partial charge in [0, 0.05) is 6.54 Å². The molecule has 2 rings (SSSR count). The second-order valence-corrected chi connectivity index (χ2v) is 3.37. The number of aromatic nitrogens is 4. The monoisotopic (exact) mass is 240 g/mol. The summed E-state index contributed by atoms with van der Waals surface area (Å²) in [6, 6.07) is 0. The fourth-order valence-electron chi connectivity index (χ4n) is 1.46. The Hall–Kier alpha value is -1.69. The number of hydrogen-bond donors (Lipinski definition) is 0. The third-order valence-electron chi connectivity index (χ3n) is 2.17. The summed E-state index contributed by atoms with van der Waals surface area (Å²) in [5.74, 6) is -0.335. The Balaban J connectivity index is 2.76. The van der Waals surface area contributed by atoms with Crippen LogP contribution in [0.2, 0.25) is 5.15 Å². The molecule has 6 nitrogen and oxygen atoms in total. The zero-order chi connectivity index (χ0) is 11.7. The van der Waals surface area contributed by atoms with Crippen LogP contribution in [0.5, 0.6) is 0 Å². The number of aryl methyl sites for hydroxylation is 1. The van der Waals surface area contributed by atoms with Crippen LogP contribution in [0, 0.1) is 0 Å². The molecule has 0 spiro atoms. The van der Waals surface area contributed by atoms with Crippen molar-refractivity contribution in [3.05, 3.63) is 17.3 Å². The van der Waals surface area contributed by atoms with E-state index in [4.69, 9.17) is 11.6 Å². The molecular weight excluding hydrogens is 232 g/mol. The van der Waals surface area contributed by atoms with Crippen molar-refractivity contribution < 1.29 is 9.53 Å². The van der Waals surface area contributed by atoms with Crippen LogP contribution in [-0.4, -0.2) is 32.6 Å². The first kappa shape index (κ1) is 10.8. The third kappa shape index (κ3) is 1.51. The summed E-state index contributed by atoms with van der Waals surface area (Å²) < 4.78 is 6.27. The van der Waals surface area contributed by atoms with E-state index in [-0.39, 0.29) is 11.0 Å². The molecular formula is C9H9ClN4O2. The van der Waals surface area contributed by atoms with Gasteiger partial charge in [0.05, 0.1) is 7.11 Å². The first-order chi connectivity index (χ1) is 7.69. The number of hydrogen-bond acceptors (Lipinski definition) is 5. The summed E-state index contributed by atoms with van der Waals surface area (Å²) in [7, 11) is 1.30. The number of nitrogens with zero attached hydrogens (tertiary/aromatic N) is 4. The Labute approximate surface area is 96.2 Å². The standard InChI is InChI=1S/C9H9ClN4O2/c1-3-14-7-5(6(10)11-4-12-7)13-8(14)9(15)16-2/h4H,3H2,1-2H3. The minimum atomic E-state index is -0.518. The summed E-state index contributed by atoms with van der Waals surface area (Å²) in [4.78, 5) is 23.4. The van der Waals surface area contributed by atoms with Crippen LogP contribution >= 0.6 is 11.6 Å². The average molecular weight is 241 g/mol. The number of esters is 1. The second kappa shape index (κ2) is 4.05. The van der Waals surface area contributed by atoms with Crippen LogP contribution in [-0.2, 0) is 11.3 Å². The van der Waals surface area contributed by atoms with Crippen molar-refractivity contribution in [2.24, 2.45) is 0 Å². The topological polar surface area (TPSA) is 69.9 Å². The Morgan fingerprint density at radius 1 is 1.56 bits per heavy atom. The third-order valence-corrected chi connectivity index (χ3v) is 2.45. The van der Waals surface area contributed by atoms with Crippen molar-refractivity contribution in [2.75, 3.05) is 7.11 Å². The van der Waals surface area contributed by atoms with Crippen molar-refractivity contribution in [3.8, 4) is 0 Å². The lowest BCUT2D eigenvalue weighted by atomic mass is 10.5. The summed E-state index contributed by atoms with van der Waals surface area (Å²) in [6.07, 6.45) is 1.33. The molecule has 0 aliphatic heterocycles. The number of rotatable bonds is 2. The van der Waals surface area contributed by atoms with Gasteiger partial charge in [-0.05, 0) is 6.92 Å². The number of ether oxygens (including phenoxy) is 1. The van der Waals surface area contributed by atoms with Crippen LogP contribution in [0.1, 0.15) is 17.5 Å². The Morgan fingerprint density at radius 3 is 2.94 bits per heavy atom. The summed E-state index contributed by atoms with van der Waals surface area (Å²) in [6.45, 7) is 2.43. The van der Waals surface area contributed by atoms with E-state index in [0.29, 0.717) is 17.7 Å². The second-order valence-electron chi connectivity index (χ2n) is 3.01. The summed E-state index contributed by atoms with van der Waals surface area (Å²) in [5, 5.41) is 0.224. The SMILES string of the molecule is CCn1c(C(=O)OC)nc2c(Cl)ncnc21. The lowest BCUT2D eigenvalue weighted by Gasteiger charge is -2.02. The first-order valence-electron chi connectivity index (χ1n) is 4.64. The van der Waals surface area contributed by atoms with Crippen molar-refractivity contribution in [3.63, 3.8) is 0 Å². The highest BCUT2D eigenvalue weighted by Crippen LogP contribution is 2.20. The lowest BCUT2D eigenvalue weighted by Crippen LogP contribution is -2.11. The molecule has 0 fully saturated rings. The van der Waals surface area contributed by atoms with E-state index >= 15 is 0 Å². The quantitative estimate of drug-likeness (QED) is 0.584. The molecule has 0 atom stereocenters. The van der Waals surface area contributed by atoms with Crippen molar-refractivity contribution in [1.29, 1.82) is 0 Å². The van der Waals surface area contributed by atoms with Gasteiger partial charge in [-0.2, -0.15) is 0 Å². The Morgan fingerprint density at radius 2 is 2.31 bits per heavy atom. The van der Waals surface area contributed by atoms with Crippen LogP contribution in [0.15, 0.2) is 6.33 Å². The van der Waals surface area contributed by atoms with E-state index in [9.17, 15) is 4.79 Å². The van der Waals surface area contributed by atoms with Crippen molar-refractivity contribution in [2.45, 2.75) is 13.5 Å². The van der Waals surface area contributed by atoms with Crippen molar-refractivity contribution >= 4 is 28.7 Å². The van der Waals surface area contributed by atoms with E-state index in [0.717, 1.165) is 0 Å². The van der Waals surface area contributed by atoms with Crippen LogP contribution in [0.4, 0.5) is 0 Å². The van der Waals surface area contributed by atoms with Gasteiger partial charge in [-0.1, -0.05) is 11.6 Å². The molecule has 84 valence electrons. The number of imidazole rings is 1. The average Bonchev–Trinajstić information content (AvgIpc) is 2.68. The maximum Gasteiger partial charge on any atom is 0.374 e. The molecule has 0 unspecified atom stereocenters. The van der Waals surface area contributed by atoms with Crippen LogP contribution in [0.25, 0.3) is 11.2 Å². The number of carbonyl (C=O) groups excluding carboxylic acids is 1. The van der Waals surface area contributed by atoms with Crippen LogP contribution < -0.4 is 0 Å². The van der Waals surface area contributed by atoms with E-state index in [1.165, 1.54) is 13.4 Å².